The minimum Gasteiger partial charge on any atom is -0.395 e. The molecule has 1 atom stereocenters. The molecule has 86 valence electrons. The summed E-state index contributed by atoms with van der Waals surface area (Å²) in [4.78, 5) is 4.58. The van der Waals surface area contributed by atoms with Gasteiger partial charge in [0.15, 0.2) is 0 Å². The highest BCUT2D eigenvalue weighted by molar-refractivity contribution is 7.99. The molecule has 3 nitrogen and oxygen atoms in total. The van der Waals surface area contributed by atoms with Crippen LogP contribution >= 0.6 is 11.8 Å². The molecule has 16 heavy (non-hydrogen) atoms. The number of aromatic nitrogens is 2. The Morgan fingerprint density at radius 3 is 3.06 bits per heavy atom. The number of hydrogen-bond donors (Lipinski definition) is 1. The molecule has 0 aliphatic carbocycles. The van der Waals surface area contributed by atoms with Crippen LogP contribution in [-0.2, 0) is 5.75 Å². The third kappa shape index (κ3) is 2.39. The summed E-state index contributed by atoms with van der Waals surface area (Å²) in [6.07, 6.45) is 4.07. The monoisotopic (exact) mass is 236 g/mol. The highest BCUT2D eigenvalue weighted by atomic mass is 32.2. The summed E-state index contributed by atoms with van der Waals surface area (Å²) >= 11 is 1.72. The van der Waals surface area contributed by atoms with Crippen LogP contribution in [0.4, 0.5) is 0 Å². The summed E-state index contributed by atoms with van der Waals surface area (Å²) in [6.45, 7) is 4.30. The fourth-order valence-electron chi connectivity index (χ4n) is 1.55. The van der Waals surface area contributed by atoms with E-state index in [0.717, 1.165) is 17.1 Å². The molecule has 2 heterocycles. The van der Waals surface area contributed by atoms with Crippen molar-refractivity contribution < 1.29 is 5.11 Å². The predicted molar refractivity (Wildman–Crippen MR) is 67.8 cm³/mol. The Hall–Kier alpha value is -1.00. The summed E-state index contributed by atoms with van der Waals surface area (Å²) < 4.78 is 2.05. The highest BCUT2D eigenvalue weighted by Crippen LogP contribution is 2.18. The first-order valence-corrected chi connectivity index (χ1v) is 6.41. The maximum atomic E-state index is 8.95. The van der Waals surface area contributed by atoms with Gasteiger partial charge >= 0.3 is 0 Å². The molecular formula is C12H16N2OS. The molecule has 2 aromatic heterocycles. The molecule has 1 N–H and O–H groups in total. The lowest BCUT2D eigenvalue weighted by atomic mass is 10.3. The Bertz CT molecular complexity index is 481. The molecule has 0 radical (unpaired) electrons. The number of aliphatic hydroxyl groups excluding tert-OH is 1. The second kappa shape index (κ2) is 4.89. The van der Waals surface area contributed by atoms with Crippen molar-refractivity contribution in [2.24, 2.45) is 0 Å². The van der Waals surface area contributed by atoms with E-state index in [1.54, 1.807) is 11.8 Å². The maximum absolute atomic E-state index is 8.95. The van der Waals surface area contributed by atoms with Gasteiger partial charge in [-0.3, -0.25) is 0 Å². The summed E-state index contributed by atoms with van der Waals surface area (Å²) in [5, 5.41) is 9.22. The van der Waals surface area contributed by atoms with Crippen LogP contribution in [0, 0.1) is 6.92 Å². The Morgan fingerprint density at radius 1 is 1.56 bits per heavy atom. The van der Waals surface area contributed by atoms with Crippen molar-refractivity contribution in [3.63, 3.8) is 0 Å². The average Bonchev–Trinajstić information content (AvgIpc) is 2.70. The van der Waals surface area contributed by atoms with E-state index >= 15 is 0 Å². The zero-order valence-electron chi connectivity index (χ0n) is 9.55. The van der Waals surface area contributed by atoms with Gasteiger partial charge in [0.25, 0.3) is 0 Å². The first-order chi connectivity index (χ1) is 7.70. The van der Waals surface area contributed by atoms with E-state index in [1.165, 1.54) is 5.56 Å². The highest BCUT2D eigenvalue weighted by Gasteiger charge is 2.06. The molecule has 0 saturated carbocycles. The summed E-state index contributed by atoms with van der Waals surface area (Å²) in [7, 11) is 0. The molecule has 0 aromatic carbocycles. The number of thioether (sulfide) groups is 1. The van der Waals surface area contributed by atoms with Gasteiger partial charge in [0.1, 0.15) is 5.65 Å². The molecule has 0 fully saturated rings. The van der Waals surface area contributed by atoms with E-state index in [-0.39, 0.29) is 11.9 Å². The van der Waals surface area contributed by atoms with Crippen molar-refractivity contribution in [1.29, 1.82) is 0 Å². The third-order valence-corrected chi connectivity index (χ3v) is 3.68. The molecule has 4 heteroatoms. The van der Waals surface area contributed by atoms with Gasteiger partial charge in [0, 0.05) is 23.4 Å². The third-order valence-electron chi connectivity index (χ3n) is 2.50. The van der Waals surface area contributed by atoms with Gasteiger partial charge in [-0.25, -0.2) is 4.98 Å². The van der Waals surface area contributed by atoms with E-state index in [4.69, 9.17) is 5.11 Å². The quantitative estimate of drug-likeness (QED) is 0.884. The molecule has 0 amide bonds. The number of aliphatic hydroxyl groups is 1. The smallest absolute Gasteiger partial charge is 0.139 e. The zero-order chi connectivity index (χ0) is 11.5. The molecule has 0 spiro atoms. The molecule has 2 rings (SSSR count). The van der Waals surface area contributed by atoms with Crippen LogP contribution in [-0.4, -0.2) is 26.3 Å². The largest absolute Gasteiger partial charge is 0.395 e. The lowest BCUT2D eigenvalue weighted by Gasteiger charge is -2.04. The predicted octanol–water partition coefficient (Wildman–Crippen LogP) is 2.26. The van der Waals surface area contributed by atoms with Gasteiger partial charge in [0.05, 0.1) is 12.3 Å². The normalized spacial score (nSPS) is 13.2. The van der Waals surface area contributed by atoms with Crippen molar-refractivity contribution in [2.45, 2.75) is 24.9 Å². The van der Waals surface area contributed by atoms with E-state index in [0.29, 0.717) is 0 Å². The van der Waals surface area contributed by atoms with Gasteiger partial charge in [-0.05, 0) is 18.6 Å². The Morgan fingerprint density at radius 2 is 2.38 bits per heavy atom. The van der Waals surface area contributed by atoms with Gasteiger partial charge < -0.3 is 9.51 Å². The fraction of sp³-hybridized carbons (Fsp3) is 0.417. The number of hydrogen-bond acceptors (Lipinski definition) is 3. The summed E-state index contributed by atoms with van der Waals surface area (Å²) in [5.41, 5.74) is 3.28. The first-order valence-electron chi connectivity index (χ1n) is 5.36. The molecule has 0 aliphatic heterocycles. The van der Waals surface area contributed by atoms with Crippen molar-refractivity contribution in [2.75, 3.05) is 6.61 Å². The van der Waals surface area contributed by atoms with E-state index < -0.39 is 0 Å². The SMILES string of the molecule is Cc1cccn2cc(CSC(C)CO)nc12. The fourth-order valence-corrected chi connectivity index (χ4v) is 2.25. The number of aryl methyl sites for hydroxylation is 1. The number of imidazole rings is 1. The second-order valence-electron chi connectivity index (χ2n) is 3.96. The van der Waals surface area contributed by atoms with Crippen LogP contribution < -0.4 is 0 Å². The van der Waals surface area contributed by atoms with E-state index in [2.05, 4.69) is 28.6 Å². The summed E-state index contributed by atoms with van der Waals surface area (Å²) in [6, 6.07) is 4.09. The van der Waals surface area contributed by atoms with Gasteiger partial charge in [-0.15, -0.1) is 11.8 Å². The minimum atomic E-state index is 0.219. The summed E-state index contributed by atoms with van der Waals surface area (Å²) in [5.74, 6) is 0.850. The number of nitrogens with zero attached hydrogens (tertiary/aromatic N) is 2. The van der Waals surface area contributed by atoms with E-state index in [9.17, 15) is 0 Å². The lowest BCUT2D eigenvalue weighted by Crippen LogP contribution is -2.02. The van der Waals surface area contributed by atoms with Crippen LogP contribution in [0.5, 0.6) is 0 Å². The van der Waals surface area contributed by atoms with Crippen molar-refractivity contribution >= 4 is 17.4 Å². The van der Waals surface area contributed by atoms with Crippen LogP contribution in [0.15, 0.2) is 24.5 Å². The van der Waals surface area contributed by atoms with Crippen LogP contribution in [0.25, 0.3) is 5.65 Å². The molecule has 0 bridgehead atoms. The Labute approximate surface area is 99.5 Å². The molecule has 0 aliphatic rings. The molecule has 1 unspecified atom stereocenters. The second-order valence-corrected chi connectivity index (χ2v) is 5.39. The van der Waals surface area contributed by atoms with Gasteiger partial charge in [-0.1, -0.05) is 13.0 Å². The standard InChI is InChI=1S/C12H16N2OS/c1-9-4-3-5-14-6-11(13-12(9)14)8-16-10(2)7-15/h3-6,10,15H,7-8H2,1-2H3. The first kappa shape index (κ1) is 11.5. The van der Waals surface area contributed by atoms with Crippen LogP contribution in [0.2, 0.25) is 0 Å². The van der Waals surface area contributed by atoms with Crippen molar-refractivity contribution in [3.05, 3.63) is 35.8 Å². The Kier molecular flexibility index (Phi) is 3.51. The van der Waals surface area contributed by atoms with Crippen LogP contribution in [0.1, 0.15) is 18.2 Å². The van der Waals surface area contributed by atoms with Gasteiger partial charge in [-0.2, -0.15) is 0 Å². The van der Waals surface area contributed by atoms with Gasteiger partial charge in [0.2, 0.25) is 0 Å². The molecule has 0 saturated heterocycles. The molecule has 2 aromatic rings. The minimum absolute atomic E-state index is 0.219. The average molecular weight is 236 g/mol. The topological polar surface area (TPSA) is 37.5 Å². The van der Waals surface area contributed by atoms with Crippen molar-refractivity contribution in [3.8, 4) is 0 Å². The maximum Gasteiger partial charge on any atom is 0.139 e. The van der Waals surface area contributed by atoms with Crippen LogP contribution in [0.3, 0.4) is 0 Å². The Balaban J connectivity index is 2.17. The zero-order valence-corrected chi connectivity index (χ0v) is 10.4. The van der Waals surface area contributed by atoms with E-state index in [1.807, 2.05) is 19.2 Å². The number of rotatable bonds is 4. The molecular weight excluding hydrogens is 220 g/mol. The van der Waals surface area contributed by atoms with Crippen molar-refractivity contribution in [1.82, 2.24) is 9.38 Å². The number of fused-ring (bicyclic) bond motifs is 1. The lowest BCUT2D eigenvalue weighted by molar-refractivity contribution is 0.300. The number of pyridine rings is 1.